The van der Waals surface area contributed by atoms with E-state index in [1.807, 2.05) is 60.8 Å². The third kappa shape index (κ3) is 2.91. The molecule has 0 saturated heterocycles. The third-order valence-corrected chi connectivity index (χ3v) is 3.70. The van der Waals surface area contributed by atoms with Crippen molar-refractivity contribution < 1.29 is 5.11 Å². The van der Waals surface area contributed by atoms with Gasteiger partial charge in [0.25, 0.3) is 0 Å². The highest BCUT2D eigenvalue weighted by molar-refractivity contribution is 5.55. The van der Waals surface area contributed by atoms with E-state index in [4.69, 9.17) is 5.26 Å². The normalized spacial score (nSPS) is 12.0. The second kappa shape index (κ2) is 6.42. The molecule has 2 aromatic rings. The van der Waals surface area contributed by atoms with Gasteiger partial charge < -0.3 is 10.0 Å². The van der Waals surface area contributed by atoms with Crippen molar-refractivity contribution in [3.05, 3.63) is 41.6 Å². The Kier molecular flexibility index (Phi) is 4.61. The molecule has 0 radical (unpaired) electrons. The van der Waals surface area contributed by atoms with Crippen LogP contribution in [-0.4, -0.2) is 28.0 Å². The van der Waals surface area contributed by atoms with Crippen molar-refractivity contribution in [1.82, 2.24) is 9.78 Å². The number of rotatable bonds is 5. The zero-order valence-electron chi connectivity index (χ0n) is 12.6. The molecule has 5 nitrogen and oxygen atoms in total. The van der Waals surface area contributed by atoms with E-state index in [0.29, 0.717) is 6.42 Å². The topological polar surface area (TPSA) is 65.1 Å². The molecule has 1 unspecified atom stereocenters. The van der Waals surface area contributed by atoms with Crippen LogP contribution < -0.4 is 4.90 Å². The Bertz CT molecular complexity index is 642. The van der Waals surface area contributed by atoms with Crippen LogP contribution >= 0.6 is 0 Å². The maximum atomic E-state index is 9.68. The monoisotopic (exact) mass is 284 g/mol. The number of para-hydroxylation sites is 1. The molecule has 0 amide bonds. The van der Waals surface area contributed by atoms with Crippen LogP contribution in [-0.2, 0) is 6.61 Å². The third-order valence-electron chi connectivity index (χ3n) is 3.70. The number of nitriles is 1. The SMILES string of the molecule is Cc1nn(-c2ccccc2)c(N(C)C(C)CC#N)c1CO. The second-order valence-corrected chi connectivity index (χ2v) is 5.12. The van der Waals surface area contributed by atoms with Gasteiger partial charge in [-0.2, -0.15) is 10.4 Å². The summed E-state index contributed by atoms with van der Waals surface area (Å²) in [6, 6.07) is 12.0. The zero-order chi connectivity index (χ0) is 15.4. The minimum atomic E-state index is -0.0718. The molecule has 1 N–H and O–H groups in total. The fraction of sp³-hybridized carbons (Fsp3) is 0.375. The van der Waals surface area contributed by atoms with Crippen molar-refractivity contribution in [3.63, 3.8) is 0 Å². The van der Waals surface area contributed by atoms with Crippen LogP contribution in [0.2, 0.25) is 0 Å². The summed E-state index contributed by atoms with van der Waals surface area (Å²) in [5.41, 5.74) is 2.53. The minimum Gasteiger partial charge on any atom is -0.391 e. The average molecular weight is 284 g/mol. The lowest BCUT2D eigenvalue weighted by atomic mass is 10.2. The first-order chi connectivity index (χ1) is 10.1. The Balaban J connectivity index is 2.55. The Morgan fingerprint density at radius 1 is 1.38 bits per heavy atom. The fourth-order valence-electron chi connectivity index (χ4n) is 2.32. The van der Waals surface area contributed by atoms with Gasteiger partial charge in [0, 0.05) is 18.7 Å². The Morgan fingerprint density at radius 3 is 2.62 bits per heavy atom. The lowest BCUT2D eigenvalue weighted by molar-refractivity contribution is 0.281. The van der Waals surface area contributed by atoms with Crippen molar-refractivity contribution in [2.75, 3.05) is 11.9 Å². The van der Waals surface area contributed by atoms with E-state index < -0.39 is 0 Å². The summed E-state index contributed by atoms with van der Waals surface area (Å²) in [5, 5.41) is 23.1. The van der Waals surface area contributed by atoms with Gasteiger partial charge in [-0.3, -0.25) is 0 Å². The largest absolute Gasteiger partial charge is 0.391 e. The van der Waals surface area contributed by atoms with Crippen LogP contribution in [0.5, 0.6) is 0 Å². The molecule has 1 aromatic heterocycles. The Hall–Kier alpha value is -2.32. The van der Waals surface area contributed by atoms with Gasteiger partial charge in [0.15, 0.2) is 0 Å². The summed E-state index contributed by atoms with van der Waals surface area (Å²) in [6.07, 6.45) is 0.417. The predicted molar refractivity (Wildman–Crippen MR) is 82.3 cm³/mol. The van der Waals surface area contributed by atoms with Gasteiger partial charge >= 0.3 is 0 Å². The molecule has 110 valence electrons. The molecule has 0 spiro atoms. The Morgan fingerprint density at radius 2 is 2.05 bits per heavy atom. The number of aliphatic hydroxyl groups excluding tert-OH is 1. The van der Waals surface area contributed by atoms with Crippen molar-refractivity contribution in [1.29, 1.82) is 5.26 Å². The van der Waals surface area contributed by atoms with E-state index in [0.717, 1.165) is 22.8 Å². The highest BCUT2D eigenvalue weighted by Gasteiger charge is 2.22. The van der Waals surface area contributed by atoms with E-state index in [9.17, 15) is 5.11 Å². The molecule has 1 atom stereocenters. The molecule has 0 fully saturated rings. The standard InChI is InChI=1S/C16H20N4O/c1-12(9-10-17)19(3)16-15(11-21)13(2)18-20(16)14-7-5-4-6-8-14/h4-8,12,21H,9,11H2,1-3H3. The molecule has 0 bridgehead atoms. The van der Waals surface area contributed by atoms with Crippen molar-refractivity contribution in [2.24, 2.45) is 0 Å². The molecule has 1 aromatic carbocycles. The number of aliphatic hydroxyl groups is 1. The maximum absolute atomic E-state index is 9.68. The highest BCUT2D eigenvalue weighted by atomic mass is 16.3. The number of aryl methyl sites for hydroxylation is 1. The van der Waals surface area contributed by atoms with E-state index in [-0.39, 0.29) is 12.6 Å². The average Bonchev–Trinajstić information content (AvgIpc) is 2.84. The molecule has 0 saturated carbocycles. The molecule has 2 rings (SSSR count). The van der Waals surface area contributed by atoms with Crippen LogP contribution in [0.1, 0.15) is 24.6 Å². The van der Waals surface area contributed by atoms with E-state index >= 15 is 0 Å². The summed E-state index contributed by atoms with van der Waals surface area (Å²) in [7, 11) is 1.93. The van der Waals surface area contributed by atoms with Crippen LogP contribution in [0.15, 0.2) is 30.3 Å². The van der Waals surface area contributed by atoms with Gasteiger partial charge in [-0.05, 0) is 26.0 Å². The lowest BCUT2D eigenvalue weighted by Crippen LogP contribution is -2.31. The number of anilines is 1. The summed E-state index contributed by atoms with van der Waals surface area (Å²) >= 11 is 0. The molecule has 21 heavy (non-hydrogen) atoms. The fourth-order valence-corrected chi connectivity index (χ4v) is 2.32. The van der Waals surface area contributed by atoms with E-state index in [2.05, 4.69) is 11.2 Å². The number of aromatic nitrogens is 2. The van der Waals surface area contributed by atoms with Crippen molar-refractivity contribution in [2.45, 2.75) is 32.9 Å². The van der Waals surface area contributed by atoms with Gasteiger partial charge in [0.2, 0.25) is 0 Å². The van der Waals surface area contributed by atoms with Gasteiger partial charge in [-0.15, -0.1) is 0 Å². The number of benzene rings is 1. The smallest absolute Gasteiger partial charge is 0.138 e. The van der Waals surface area contributed by atoms with Crippen LogP contribution in [0.3, 0.4) is 0 Å². The first-order valence-corrected chi connectivity index (χ1v) is 6.94. The predicted octanol–water partition coefficient (Wildman–Crippen LogP) is 2.41. The number of nitrogens with zero attached hydrogens (tertiary/aromatic N) is 4. The molecular formula is C16H20N4O. The molecule has 0 aliphatic carbocycles. The Labute approximate surface area is 125 Å². The zero-order valence-corrected chi connectivity index (χ0v) is 12.6. The molecule has 0 aliphatic heterocycles. The highest BCUT2D eigenvalue weighted by Crippen LogP contribution is 2.28. The van der Waals surface area contributed by atoms with Gasteiger partial charge in [-0.1, -0.05) is 18.2 Å². The second-order valence-electron chi connectivity index (χ2n) is 5.12. The number of hydrogen-bond acceptors (Lipinski definition) is 4. The lowest BCUT2D eigenvalue weighted by Gasteiger charge is -2.27. The molecule has 5 heteroatoms. The quantitative estimate of drug-likeness (QED) is 0.915. The summed E-state index contributed by atoms with van der Waals surface area (Å²) < 4.78 is 1.83. The molecular weight excluding hydrogens is 264 g/mol. The van der Waals surface area contributed by atoms with Gasteiger partial charge in [0.05, 0.1) is 30.5 Å². The van der Waals surface area contributed by atoms with Crippen LogP contribution in [0.25, 0.3) is 5.69 Å². The molecule has 0 aliphatic rings. The van der Waals surface area contributed by atoms with Gasteiger partial charge in [0.1, 0.15) is 5.82 Å². The van der Waals surface area contributed by atoms with Crippen molar-refractivity contribution >= 4 is 5.82 Å². The van der Waals surface area contributed by atoms with Crippen LogP contribution in [0, 0.1) is 18.3 Å². The summed E-state index contributed by atoms with van der Waals surface area (Å²) in [6.45, 7) is 3.80. The van der Waals surface area contributed by atoms with E-state index in [1.54, 1.807) is 0 Å². The van der Waals surface area contributed by atoms with Crippen LogP contribution in [0.4, 0.5) is 5.82 Å². The number of hydrogen-bond donors (Lipinski definition) is 1. The molecule has 1 heterocycles. The first kappa shape index (κ1) is 15.1. The summed E-state index contributed by atoms with van der Waals surface area (Å²) in [5.74, 6) is 0.837. The van der Waals surface area contributed by atoms with Crippen molar-refractivity contribution in [3.8, 4) is 11.8 Å². The summed E-state index contributed by atoms with van der Waals surface area (Å²) in [4.78, 5) is 2.00. The van der Waals surface area contributed by atoms with Gasteiger partial charge in [-0.25, -0.2) is 4.68 Å². The minimum absolute atomic E-state index is 0.0406. The van der Waals surface area contributed by atoms with E-state index in [1.165, 1.54) is 0 Å². The maximum Gasteiger partial charge on any atom is 0.138 e. The first-order valence-electron chi connectivity index (χ1n) is 6.94.